The number of nitrogen functional groups attached to an aromatic ring is 1. The van der Waals surface area contributed by atoms with Crippen molar-refractivity contribution in [2.75, 3.05) is 61.8 Å². The van der Waals surface area contributed by atoms with Gasteiger partial charge in [-0.25, -0.2) is 0 Å². The molecule has 1 atom stereocenters. The first-order valence-corrected chi connectivity index (χ1v) is 10.0. The number of hydrogen-bond donors (Lipinski definition) is 1. The molecule has 2 fully saturated rings. The number of nitrogens with zero attached hydrogens (tertiary/aromatic N) is 5. The first-order chi connectivity index (χ1) is 13.6. The zero-order chi connectivity index (χ0) is 19.5. The highest BCUT2D eigenvalue weighted by Crippen LogP contribution is 2.27. The van der Waals surface area contributed by atoms with Crippen LogP contribution in [-0.2, 0) is 0 Å². The molecule has 148 valence electrons. The van der Waals surface area contributed by atoms with E-state index in [-0.39, 0.29) is 11.7 Å². The van der Waals surface area contributed by atoms with Gasteiger partial charge in [0.25, 0.3) is 0 Å². The number of hydrogen-bond acceptors (Lipinski definition) is 7. The maximum absolute atomic E-state index is 12.9. The zero-order valence-corrected chi connectivity index (χ0v) is 16.4. The molecule has 28 heavy (non-hydrogen) atoms. The predicted molar refractivity (Wildman–Crippen MR) is 112 cm³/mol. The van der Waals surface area contributed by atoms with Gasteiger partial charge in [-0.1, -0.05) is 30.3 Å². The summed E-state index contributed by atoms with van der Waals surface area (Å²) in [6.45, 7) is 5.44. The fourth-order valence-corrected chi connectivity index (χ4v) is 4.04. The lowest BCUT2D eigenvalue weighted by Gasteiger charge is -2.35. The van der Waals surface area contributed by atoms with Crippen LogP contribution >= 0.6 is 0 Å². The van der Waals surface area contributed by atoms with Crippen LogP contribution in [0.15, 0.2) is 36.4 Å². The van der Waals surface area contributed by atoms with Crippen LogP contribution in [0.5, 0.6) is 0 Å². The monoisotopic (exact) mass is 380 g/mol. The van der Waals surface area contributed by atoms with Crippen LogP contribution in [0.3, 0.4) is 0 Å². The summed E-state index contributed by atoms with van der Waals surface area (Å²) in [5.74, 6) is 2.20. The molecule has 2 aliphatic rings. The lowest BCUT2D eigenvalue weighted by atomic mass is 9.90. The van der Waals surface area contributed by atoms with Gasteiger partial charge in [0.2, 0.25) is 5.95 Å². The van der Waals surface area contributed by atoms with Gasteiger partial charge in [-0.3, -0.25) is 4.79 Å². The zero-order valence-electron chi connectivity index (χ0n) is 16.4. The number of piperazine rings is 1. The van der Waals surface area contributed by atoms with Crippen molar-refractivity contribution < 1.29 is 4.79 Å². The van der Waals surface area contributed by atoms with E-state index in [2.05, 4.69) is 31.7 Å². The molecule has 0 saturated carbocycles. The van der Waals surface area contributed by atoms with E-state index < -0.39 is 0 Å². The third-order valence-electron chi connectivity index (χ3n) is 5.72. The van der Waals surface area contributed by atoms with Gasteiger partial charge in [0.1, 0.15) is 11.6 Å². The van der Waals surface area contributed by atoms with E-state index in [4.69, 9.17) is 5.73 Å². The maximum atomic E-state index is 12.9. The molecule has 3 heterocycles. The summed E-state index contributed by atoms with van der Waals surface area (Å²) in [4.78, 5) is 28.6. The molecule has 1 aromatic carbocycles. The molecule has 0 unspecified atom stereocenters. The average molecular weight is 380 g/mol. The lowest BCUT2D eigenvalue weighted by Crippen LogP contribution is -2.45. The summed E-state index contributed by atoms with van der Waals surface area (Å²) in [6, 6.07) is 11.6. The lowest BCUT2D eigenvalue weighted by molar-refractivity contribution is 0.0907. The van der Waals surface area contributed by atoms with E-state index in [1.807, 2.05) is 36.4 Å². The van der Waals surface area contributed by atoms with Crippen molar-refractivity contribution in [1.29, 1.82) is 0 Å². The molecule has 0 bridgehead atoms. The molecule has 2 aromatic rings. The molecule has 0 radical (unpaired) electrons. The van der Waals surface area contributed by atoms with Crippen molar-refractivity contribution in [3.63, 3.8) is 0 Å². The Morgan fingerprint density at radius 1 is 1.00 bits per heavy atom. The number of likely N-dealkylation sites (N-methyl/N-ethyl adjacent to an activating group) is 1. The van der Waals surface area contributed by atoms with E-state index in [0.29, 0.717) is 12.5 Å². The van der Waals surface area contributed by atoms with E-state index in [9.17, 15) is 4.79 Å². The molecular weight excluding hydrogens is 352 g/mol. The van der Waals surface area contributed by atoms with Gasteiger partial charge in [-0.05, 0) is 19.9 Å². The van der Waals surface area contributed by atoms with Crippen LogP contribution in [-0.4, -0.2) is 67.0 Å². The second-order valence-corrected chi connectivity index (χ2v) is 7.75. The van der Waals surface area contributed by atoms with E-state index in [0.717, 1.165) is 62.8 Å². The van der Waals surface area contributed by atoms with Gasteiger partial charge >= 0.3 is 0 Å². The Morgan fingerprint density at radius 3 is 2.39 bits per heavy atom. The Balaban J connectivity index is 1.51. The number of rotatable bonds is 4. The molecule has 0 spiro atoms. The second kappa shape index (κ2) is 8.14. The summed E-state index contributed by atoms with van der Waals surface area (Å²) in [7, 11) is 2.13. The number of ketones is 1. The molecule has 2 N–H and O–H groups in total. The quantitative estimate of drug-likeness (QED) is 0.812. The van der Waals surface area contributed by atoms with E-state index in [1.54, 1.807) is 0 Å². The minimum Gasteiger partial charge on any atom is -0.368 e. The topological polar surface area (TPSA) is 78.6 Å². The first kappa shape index (κ1) is 18.7. The van der Waals surface area contributed by atoms with Crippen LogP contribution in [0.2, 0.25) is 0 Å². The van der Waals surface area contributed by atoms with Gasteiger partial charge in [-0.2, -0.15) is 9.97 Å². The van der Waals surface area contributed by atoms with Gasteiger partial charge in [0, 0.05) is 56.8 Å². The van der Waals surface area contributed by atoms with Crippen molar-refractivity contribution >= 4 is 23.4 Å². The normalized spacial score (nSPS) is 21.0. The number of piperidine rings is 1. The SMILES string of the molecule is CN1CCN(c2cc(N3CCC[C@H](C(=O)c4ccccc4)C3)nc(N)n2)CC1. The first-order valence-electron chi connectivity index (χ1n) is 10.0. The van der Waals surface area contributed by atoms with Gasteiger partial charge in [-0.15, -0.1) is 0 Å². The summed E-state index contributed by atoms with van der Waals surface area (Å²) in [5, 5.41) is 0. The predicted octanol–water partition coefficient (Wildman–Crippen LogP) is 1.91. The van der Waals surface area contributed by atoms with Crippen LogP contribution in [0.1, 0.15) is 23.2 Å². The van der Waals surface area contributed by atoms with Crippen molar-refractivity contribution in [3.05, 3.63) is 42.0 Å². The van der Waals surface area contributed by atoms with Gasteiger partial charge in [0.05, 0.1) is 0 Å². The van der Waals surface area contributed by atoms with Crippen molar-refractivity contribution in [1.82, 2.24) is 14.9 Å². The summed E-state index contributed by atoms with van der Waals surface area (Å²) in [5.41, 5.74) is 6.82. The van der Waals surface area contributed by atoms with E-state index >= 15 is 0 Å². The molecule has 2 aliphatic heterocycles. The average Bonchev–Trinajstić information content (AvgIpc) is 2.74. The Bertz CT molecular complexity index is 819. The highest BCUT2D eigenvalue weighted by atomic mass is 16.1. The number of carbonyl (C=O) groups is 1. The van der Waals surface area contributed by atoms with Crippen molar-refractivity contribution in [3.8, 4) is 0 Å². The number of Topliss-reactive ketones (excluding diaryl/α,β-unsaturated/α-hetero) is 1. The highest BCUT2D eigenvalue weighted by Gasteiger charge is 2.28. The third kappa shape index (κ3) is 4.09. The molecule has 7 nitrogen and oxygen atoms in total. The smallest absolute Gasteiger partial charge is 0.223 e. The fourth-order valence-electron chi connectivity index (χ4n) is 4.04. The van der Waals surface area contributed by atoms with Gasteiger partial charge in [0.15, 0.2) is 5.78 Å². The standard InChI is InChI=1S/C21H28N6O/c1-25-10-12-26(13-11-25)18-14-19(24-21(22)23-18)27-9-5-8-17(15-27)20(28)16-6-3-2-4-7-16/h2-4,6-7,14,17H,5,8-13,15H2,1H3,(H2,22,23,24)/t17-/m0/s1. The maximum Gasteiger partial charge on any atom is 0.223 e. The Labute approximate surface area is 166 Å². The molecular formula is C21H28N6O. The van der Waals surface area contributed by atoms with E-state index in [1.165, 1.54) is 0 Å². The molecule has 1 aromatic heterocycles. The summed E-state index contributed by atoms with van der Waals surface area (Å²) < 4.78 is 0. The summed E-state index contributed by atoms with van der Waals surface area (Å²) >= 11 is 0. The Hall–Kier alpha value is -2.67. The van der Waals surface area contributed by atoms with Crippen LogP contribution in [0.4, 0.5) is 17.6 Å². The second-order valence-electron chi connectivity index (χ2n) is 7.75. The highest BCUT2D eigenvalue weighted by molar-refractivity contribution is 5.98. The third-order valence-corrected chi connectivity index (χ3v) is 5.72. The number of anilines is 3. The number of nitrogens with two attached hydrogens (primary N) is 1. The minimum absolute atomic E-state index is 0.0144. The molecule has 4 rings (SSSR count). The number of benzene rings is 1. The summed E-state index contributed by atoms with van der Waals surface area (Å²) in [6.07, 6.45) is 1.88. The number of carbonyl (C=O) groups excluding carboxylic acids is 1. The molecule has 7 heteroatoms. The molecule has 0 amide bonds. The van der Waals surface area contributed by atoms with Crippen molar-refractivity contribution in [2.24, 2.45) is 5.92 Å². The van der Waals surface area contributed by atoms with Crippen molar-refractivity contribution in [2.45, 2.75) is 12.8 Å². The van der Waals surface area contributed by atoms with Crippen LogP contribution in [0.25, 0.3) is 0 Å². The minimum atomic E-state index is -0.0144. The number of aromatic nitrogens is 2. The van der Waals surface area contributed by atoms with Gasteiger partial charge < -0.3 is 20.4 Å². The largest absolute Gasteiger partial charge is 0.368 e. The fraction of sp³-hybridized carbons (Fsp3) is 0.476. The molecule has 0 aliphatic carbocycles. The van der Waals surface area contributed by atoms with Crippen LogP contribution in [0, 0.1) is 5.92 Å². The van der Waals surface area contributed by atoms with Crippen LogP contribution < -0.4 is 15.5 Å². The Morgan fingerprint density at radius 2 is 1.68 bits per heavy atom. The molecule has 2 saturated heterocycles. The Kier molecular flexibility index (Phi) is 5.43.